The van der Waals surface area contributed by atoms with Gasteiger partial charge in [0.25, 0.3) is 5.91 Å². The van der Waals surface area contributed by atoms with Gasteiger partial charge in [-0.15, -0.1) is 0 Å². The van der Waals surface area contributed by atoms with Gasteiger partial charge in [0.1, 0.15) is 23.0 Å². The highest BCUT2D eigenvalue weighted by Crippen LogP contribution is 2.28. The quantitative estimate of drug-likeness (QED) is 0.796. The van der Waals surface area contributed by atoms with E-state index in [1.54, 1.807) is 24.3 Å². The summed E-state index contributed by atoms with van der Waals surface area (Å²) in [6.07, 6.45) is 0. The highest BCUT2D eigenvalue weighted by molar-refractivity contribution is 6.30. The van der Waals surface area contributed by atoms with Crippen molar-refractivity contribution in [1.82, 2.24) is 15.1 Å². The van der Waals surface area contributed by atoms with E-state index in [1.165, 1.54) is 11.7 Å². The molecule has 6 heteroatoms. The molecule has 1 heterocycles. The zero-order valence-electron chi connectivity index (χ0n) is 12.8. The van der Waals surface area contributed by atoms with Crippen LogP contribution in [0.15, 0.2) is 54.6 Å². The Morgan fingerprint density at radius 1 is 1.17 bits per heavy atom. The van der Waals surface area contributed by atoms with E-state index < -0.39 is 0 Å². The second-order valence-electron chi connectivity index (χ2n) is 5.02. The fourth-order valence-corrected chi connectivity index (χ4v) is 2.54. The van der Waals surface area contributed by atoms with Gasteiger partial charge in [-0.2, -0.15) is 10.4 Å². The fourth-order valence-electron chi connectivity index (χ4n) is 2.42. The third kappa shape index (κ3) is 2.75. The predicted molar refractivity (Wildman–Crippen MR) is 92.1 cm³/mol. The molecule has 0 saturated carbocycles. The van der Waals surface area contributed by atoms with Crippen molar-refractivity contribution in [2.75, 3.05) is 7.05 Å². The first-order chi connectivity index (χ1) is 11.7. The number of benzene rings is 2. The van der Waals surface area contributed by atoms with Crippen LogP contribution in [0.4, 0.5) is 0 Å². The lowest BCUT2D eigenvalue weighted by Crippen LogP contribution is -2.22. The summed E-state index contributed by atoms with van der Waals surface area (Å²) < 4.78 is 1.49. The van der Waals surface area contributed by atoms with Gasteiger partial charge in [0.15, 0.2) is 0 Å². The van der Waals surface area contributed by atoms with Crippen molar-refractivity contribution in [2.45, 2.75) is 0 Å². The molecule has 1 aromatic heterocycles. The summed E-state index contributed by atoms with van der Waals surface area (Å²) >= 11 is 5.92. The molecular weight excluding hydrogens is 324 g/mol. The van der Waals surface area contributed by atoms with Crippen LogP contribution < -0.4 is 5.32 Å². The van der Waals surface area contributed by atoms with Gasteiger partial charge in [-0.3, -0.25) is 4.79 Å². The lowest BCUT2D eigenvalue weighted by molar-refractivity contribution is 0.0955. The SMILES string of the molecule is CNC(=O)c1c(C#N)c(-c2ccc(Cl)cc2)nn1-c1ccccc1. The number of carbonyl (C=O) groups is 1. The minimum atomic E-state index is -0.372. The Kier molecular flexibility index (Phi) is 4.32. The third-order valence-electron chi connectivity index (χ3n) is 3.56. The molecule has 2 aromatic carbocycles. The largest absolute Gasteiger partial charge is 0.354 e. The van der Waals surface area contributed by atoms with E-state index in [9.17, 15) is 10.1 Å². The van der Waals surface area contributed by atoms with Gasteiger partial charge in [0, 0.05) is 17.6 Å². The van der Waals surface area contributed by atoms with Gasteiger partial charge in [-0.1, -0.05) is 41.9 Å². The molecule has 0 radical (unpaired) electrons. The summed E-state index contributed by atoms with van der Waals surface area (Å²) in [5, 5.41) is 17.3. The average Bonchev–Trinajstić information content (AvgIpc) is 3.02. The normalized spacial score (nSPS) is 10.2. The molecule has 5 nitrogen and oxygen atoms in total. The Labute approximate surface area is 144 Å². The van der Waals surface area contributed by atoms with E-state index in [1.807, 2.05) is 30.3 Å². The number of nitrogens with zero attached hydrogens (tertiary/aromatic N) is 3. The number of amides is 1. The van der Waals surface area contributed by atoms with E-state index >= 15 is 0 Å². The van der Waals surface area contributed by atoms with Crippen molar-refractivity contribution in [1.29, 1.82) is 5.26 Å². The van der Waals surface area contributed by atoms with Crippen LogP contribution in [-0.2, 0) is 0 Å². The molecule has 0 aliphatic rings. The Balaban J connectivity index is 2.28. The number of hydrogen-bond donors (Lipinski definition) is 1. The zero-order chi connectivity index (χ0) is 17.1. The maximum atomic E-state index is 12.3. The van der Waals surface area contributed by atoms with Gasteiger partial charge in [-0.25, -0.2) is 4.68 Å². The van der Waals surface area contributed by atoms with Crippen LogP contribution in [0, 0.1) is 11.3 Å². The lowest BCUT2D eigenvalue weighted by atomic mass is 10.1. The number of hydrogen-bond acceptors (Lipinski definition) is 3. The first-order valence-corrected chi connectivity index (χ1v) is 7.60. The molecule has 24 heavy (non-hydrogen) atoms. The molecule has 1 amide bonds. The summed E-state index contributed by atoms with van der Waals surface area (Å²) in [5.74, 6) is -0.372. The first kappa shape index (κ1) is 15.8. The van der Waals surface area contributed by atoms with Gasteiger partial charge in [0.2, 0.25) is 0 Å². The molecule has 0 aliphatic heterocycles. The van der Waals surface area contributed by atoms with Crippen LogP contribution in [0.2, 0.25) is 5.02 Å². The van der Waals surface area contributed by atoms with Crippen molar-refractivity contribution in [2.24, 2.45) is 0 Å². The van der Waals surface area contributed by atoms with Crippen LogP contribution in [0.5, 0.6) is 0 Å². The summed E-state index contributed by atoms with van der Waals surface area (Å²) in [4.78, 5) is 12.3. The maximum absolute atomic E-state index is 12.3. The molecule has 0 saturated heterocycles. The Morgan fingerprint density at radius 3 is 2.42 bits per heavy atom. The maximum Gasteiger partial charge on any atom is 0.271 e. The monoisotopic (exact) mass is 336 g/mol. The van der Waals surface area contributed by atoms with Crippen molar-refractivity contribution in [3.05, 3.63) is 70.9 Å². The van der Waals surface area contributed by atoms with Gasteiger partial charge in [-0.05, 0) is 24.3 Å². The standard InChI is InChI=1S/C18H13ClN4O/c1-21-18(24)17-15(11-20)16(12-7-9-13(19)10-8-12)22-23(17)14-5-3-2-4-6-14/h2-10H,1H3,(H,21,24). The number of para-hydroxylation sites is 1. The summed E-state index contributed by atoms with van der Waals surface area (Å²) in [6, 6.07) is 18.3. The first-order valence-electron chi connectivity index (χ1n) is 7.22. The van der Waals surface area contributed by atoms with Crippen LogP contribution in [0.25, 0.3) is 16.9 Å². The highest BCUT2D eigenvalue weighted by atomic mass is 35.5. The fraction of sp³-hybridized carbons (Fsp3) is 0.0556. The number of aromatic nitrogens is 2. The number of rotatable bonds is 3. The number of nitriles is 1. The minimum Gasteiger partial charge on any atom is -0.354 e. The van der Waals surface area contributed by atoms with E-state index in [4.69, 9.17) is 11.6 Å². The Morgan fingerprint density at radius 2 is 1.83 bits per heavy atom. The molecule has 0 bridgehead atoms. The Hall–Kier alpha value is -3.10. The summed E-state index contributed by atoms with van der Waals surface area (Å²) in [5.41, 5.74) is 2.29. The van der Waals surface area contributed by atoms with Gasteiger partial charge < -0.3 is 5.32 Å². The molecule has 0 aliphatic carbocycles. The molecule has 3 aromatic rings. The molecular formula is C18H13ClN4O. The van der Waals surface area contributed by atoms with Crippen molar-refractivity contribution >= 4 is 17.5 Å². The van der Waals surface area contributed by atoms with Crippen LogP contribution in [-0.4, -0.2) is 22.7 Å². The zero-order valence-corrected chi connectivity index (χ0v) is 13.6. The average molecular weight is 337 g/mol. The number of halogens is 1. The van der Waals surface area contributed by atoms with Crippen molar-refractivity contribution in [3.63, 3.8) is 0 Å². The number of nitrogens with one attached hydrogen (secondary N) is 1. The van der Waals surface area contributed by atoms with Crippen LogP contribution >= 0.6 is 11.6 Å². The Bertz CT molecular complexity index is 924. The second-order valence-corrected chi connectivity index (χ2v) is 5.45. The lowest BCUT2D eigenvalue weighted by Gasteiger charge is -2.06. The molecule has 0 atom stereocenters. The van der Waals surface area contributed by atoms with E-state index in [0.717, 1.165) is 5.56 Å². The molecule has 0 unspecified atom stereocenters. The molecule has 118 valence electrons. The van der Waals surface area contributed by atoms with Crippen LogP contribution in [0.3, 0.4) is 0 Å². The highest BCUT2D eigenvalue weighted by Gasteiger charge is 2.24. The van der Waals surface area contributed by atoms with Gasteiger partial charge in [0.05, 0.1) is 5.69 Å². The third-order valence-corrected chi connectivity index (χ3v) is 3.81. The van der Waals surface area contributed by atoms with Crippen LogP contribution in [0.1, 0.15) is 16.1 Å². The summed E-state index contributed by atoms with van der Waals surface area (Å²) in [6.45, 7) is 0. The van der Waals surface area contributed by atoms with E-state index in [0.29, 0.717) is 16.4 Å². The second kappa shape index (κ2) is 6.57. The van der Waals surface area contributed by atoms with E-state index in [2.05, 4.69) is 16.5 Å². The van der Waals surface area contributed by atoms with E-state index in [-0.39, 0.29) is 17.2 Å². The smallest absolute Gasteiger partial charge is 0.271 e. The molecule has 0 spiro atoms. The van der Waals surface area contributed by atoms with Crippen molar-refractivity contribution < 1.29 is 4.79 Å². The predicted octanol–water partition coefficient (Wildman–Crippen LogP) is 3.42. The minimum absolute atomic E-state index is 0.205. The topological polar surface area (TPSA) is 70.7 Å². The molecule has 1 N–H and O–H groups in total. The number of carbonyl (C=O) groups excluding carboxylic acids is 1. The summed E-state index contributed by atoms with van der Waals surface area (Å²) in [7, 11) is 1.52. The van der Waals surface area contributed by atoms with Gasteiger partial charge >= 0.3 is 0 Å². The molecule has 3 rings (SSSR count). The van der Waals surface area contributed by atoms with Crippen molar-refractivity contribution in [3.8, 4) is 23.0 Å². The molecule has 0 fully saturated rings.